The number of hydrogen-bond donors (Lipinski definition) is 1. The average Bonchev–Trinajstić information content (AvgIpc) is 3.42. The van der Waals surface area contributed by atoms with Gasteiger partial charge in [0.15, 0.2) is 0 Å². The third kappa shape index (κ3) is 3.58. The monoisotopic (exact) mass is 417 g/mol. The Balaban J connectivity index is 1.21. The lowest BCUT2D eigenvalue weighted by atomic mass is 9.95. The normalized spacial score (nSPS) is 16.1. The zero-order valence-electron chi connectivity index (χ0n) is 17.0. The van der Waals surface area contributed by atoms with Gasteiger partial charge in [-0.05, 0) is 47.2 Å². The molecule has 0 radical (unpaired) electrons. The first-order valence-electron chi connectivity index (χ1n) is 10.5. The van der Waals surface area contributed by atoms with Gasteiger partial charge in [-0.1, -0.05) is 48.5 Å². The van der Waals surface area contributed by atoms with Gasteiger partial charge in [0.1, 0.15) is 12.4 Å². The van der Waals surface area contributed by atoms with Crippen LogP contribution in [0.3, 0.4) is 0 Å². The maximum atomic E-state index is 12.7. The fraction of sp³-hybridized carbons (Fsp3) is 0.280. The molecule has 6 nitrogen and oxygen atoms in total. The highest BCUT2D eigenvalue weighted by molar-refractivity contribution is 5.84. The number of nitrogens with zero attached hydrogens (tertiary/aromatic N) is 1. The molecule has 158 valence electrons. The second-order valence-electron chi connectivity index (χ2n) is 8.07. The van der Waals surface area contributed by atoms with E-state index in [1.807, 2.05) is 24.3 Å². The van der Waals surface area contributed by atoms with Gasteiger partial charge in [-0.15, -0.1) is 0 Å². The van der Waals surface area contributed by atoms with Gasteiger partial charge in [0.25, 0.3) is 0 Å². The van der Waals surface area contributed by atoms with E-state index in [1.165, 1.54) is 28.3 Å². The minimum atomic E-state index is -1.07. The molecule has 2 heterocycles. The molecule has 5 rings (SSSR count). The summed E-state index contributed by atoms with van der Waals surface area (Å²) in [5.41, 5.74) is 4.81. The first kappa shape index (κ1) is 19.4. The van der Waals surface area contributed by atoms with Crippen molar-refractivity contribution < 1.29 is 23.8 Å². The Morgan fingerprint density at radius 1 is 0.935 bits per heavy atom. The molecule has 1 aliphatic heterocycles. The quantitative estimate of drug-likeness (QED) is 0.638. The molecule has 0 unspecified atom stereocenters. The smallest absolute Gasteiger partial charge is 0.409 e. The van der Waals surface area contributed by atoms with E-state index in [2.05, 4.69) is 24.3 Å². The van der Waals surface area contributed by atoms with Crippen LogP contribution in [0.4, 0.5) is 4.79 Å². The van der Waals surface area contributed by atoms with E-state index in [0.29, 0.717) is 25.5 Å². The number of ether oxygens (including phenoxy) is 1. The van der Waals surface area contributed by atoms with E-state index < -0.39 is 5.97 Å². The fourth-order valence-corrected chi connectivity index (χ4v) is 4.72. The van der Waals surface area contributed by atoms with Gasteiger partial charge in [-0.25, -0.2) is 9.59 Å². The van der Waals surface area contributed by atoms with Crippen LogP contribution >= 0.6 is 0 Å². The number of carboxylic acids is 1. The Labute approximate surface area is 180 Å². The van der Waals surface area contributed by atoms with Crippen LogP contribution in [-0.4, -0.2) is 41.8 Å². The molecular formula is C25H23NO5. The summed E-state index contributed by atoms with van der Waals surface area (Å²) in [6.45, 7) is 1.43. The lowest BCUT2D eigenvalue weighted by Gasteiger charge is -2.30. The van der Waals surface area contributed by atoms with Crippen molar-refractivity contribution in [3.8, 4) is 11.1 Å². The number of piperidine rings is 1. The lowest BCUT2D eigenvalue weighted by molar-refractivity contribution is 0.0658. The number of hydrogen-bond acceptors (Lipinski definition) is 4. The number of carbonyl (C=O) groups excluding carboxylic acids is 1. The SMILES string of the molecule is O=C(O)c1ccc(C2CCN(C(=O)OCC3c4ccccc4-c4ccccc43)CC2)o1. The molecule has 31 heavy (non-hydrogen) atoms. The third-order valence-corrected chi connectivity index (χ3v) is 6.33. The Morgan fingerprint density at radius 3 is 2.13 bits per heavy atom. The van der Waals surface area contributed by atoms with E-state index in [9.17, 15) is 9.59 Å². The number of carbonyl (C=O) groups is 2. The lowest BCUT2D eigenvalue weighted by Crippen LogP contribution is -2.38. The minimum absolute atomic E-state index is 0.0473. The second kappa shape index (κ2) is 7.95. The number of rotatable bonds is 4. The van der Waals surface area contributed by atoms with Gasteiger partial charge in [-0.3, -0.25) is 0 Å². The number of fused-ring (bicyclic) bond motifs is 3. The average molecular weight is 417 g/mol. The van der Waals surface area contributed by atoms with Crippen molar-refractivity contribution in [1.29, 1.82) is 0 Å². The van der Waals surface area contributed by atoms with Crippen LogP contribution < -0.4 is 0 Å². The summed E-state index contributed by atoms with van der Waals surface area (Å²) >= 11 is 0. The Bertz CT molecular complexity index is 1080. The number of furan rings is 1. The van der Waals surface area contributed by atoms with Crippen LogP contribution in [0.1, 0.15) is 52.1 Å². The number of aromatic carboxylic acids is 1. The van der Waals surface area contributed by atoms with Crippen LogP contribution in [0, 0.1) is 0 Å². The Hall–Kier alpha value is -3.54. The number of carboxylic acid groups (broad SMARTS) is 1. The number of benzene rings is 2. The molecule has 1 saturated heterocycles. The van der Waals surface area contributed by atoms with Gasteiger partial charge in [0, 0.05) is 24.9 Å². The van der Waals surface area contributed by atoms with Crippen molar-refractivity contribution in [2.24, 2.45) is 0 Å². The highest BCUT2D eigenvalue weighted by atomic mass is 16.6. The van der Waals surface area contributed by atoms with Crippen molar-refractivity contribution in [3.63, 3.8) is 0 Å². The van der Waals surface area contributed by atoms with Gasteiger partial charge < -0.3 is 19.2 Å². The van der Waals surface area contributed by atoms with Crippen molar-refractivity contribution in [1.82, 2.24) is 4.90 Å². The van der Waals surface area contributed by atoms with E-state index in [0.717, 1.165) is 12.8 Å². The van der Waals surface area contributed by atoms with Crippen LogP contribution in [0.5, 0.6) is 0 Å². The molecule has 1 aliphatic carbocycles. The zero-order valence-corrected chi connectivity index (χ0v) is 17.0. The van der Waals surface area contributed by atoms with Gasteiger partial charge >= 0.3 is 12.1 Å². The first-order chi connectivity index (χ1) is 15.1. The molecule has 1 N–H and O–H groups in total. The van der Waals surface area contributed by atoms with Crippen molar-refractivity contribution in [2.45, 2.75) is 24.7 Å². The molecule has 0 atom stereocenters. The predicted molar refractivity (Wildman–Crippen MR) is 114 cm³/mol. The molecule has 0 bridgehead atoms. The molecule has 6 heteroatoms. The summed E-state index contributed by atoms with van der Waals surface area (Å²) in [6.07, 6.45) is 1.14. The minimum Gasteiger partial charge on any atom is -0.475 e. The maximum absolute atomic E-state index is 12.7. The molecule has 1 amide bonds. The third-order valence-electron chi connectivity index (χ3n) is 6.33. The molecule has 3 aromatic rings. The Morgan fingerprint density at radius 2 is 1.55 bits per heavy atom. The molecular weight excluding hydrogens is 394 g/mol. The number of amides is 1. The molecule has 0 saturated carbocycles. The van der Waals surface area contributed by atoms with Crippen molar-refractivity contribution >= 4 is 12.1 Å². The first-order valence-corrected chi connectivity index (χ1v) is 10.5. The van der Waals surface area contributed by atoms with Gasteiger partial charge in [-0.2, -0.15) is 0 Å². The Kier molecular flexibility index (Phi) is 4.98. The summed E-state index contributed by atoms with van der Waals surface area (Å²) in [6, 6.07) is 19.8. The topological polar surface area (TPSA) is 80.0 Å². The molecule has 2 aliphatic rings. The van der Waals surface area contributed by atoms with E-state index in [1.54, 1.807) is 11.0 Å². The predicted octanol–water partition coefficient (Wildman–Crippen LogP) is 5.11. The summed E-state index contributed by atoms with van der Waals surface area (Å²) < 4.78 is 11.2. The highest BCUT2D eigenvalue weighted by Gasteiger charge is 2.31. The van der Waals surface area contributed by atoms with Crippen molar-refractivity contribution in [3.05, 3.63) is 83.3 Å². The van der Waals surface area contributed by atoms with Crippen LogP contribution in [0.2, 0.25) is 0 Å². The second-order valence-corrected chi connectivity index (χ2v) is 8.07. The van der Waals surface area contributed by atoms with Gasteiger partial charge in [0.2, 0.25) is 5.76 Å². The van der Waals surface area contributed by atoms with Crippen LogP contribution in [0.25, 0.3) is 11.1 Å². The zero-order chi connectivity index (χ0) is 21.4. The molecule has 1 aromatic heterocycles. The standard InChI is InChI=1S/C25H23NO5/c27-24(28)23-10-9-22(31-23)16-11-13-26(14-12-16)25(29)30-15-21-19-7-3-1-5-17(19)18-6-2-4-8-20(18)21/h1-10,16,21H,11-15H2,(H,27,28). The summed E-state index contributed by atoms with van der Waals surface area (Å²) in [5.74, 6) is -0.280. The van der Waals surface area contributed by atoms with Gasteiger partial charge in [0.05, 0.1) is 0 Å². The van der Waals surface area contributed by atoms with E-state index in [4.69, 9.17) is 14.3 Å². The molecule has 1 fully saturated rings. The summed E-state index contributed by atoms with van der Waals surface area (Å²) in [5, 5.41) is 9.02. The number of likely N-dealkylation sites (tertiary alicyclic amines) is 1. The maximum Gasteiger partial charge on any atom is 0.409 e. The molecule has 2 aromatic carbocycles. The van der Waals surface area contributed by atoms with Crippen LogP contribution in [-0.2, 0) is 4.74 Å². The van der Waals surface area contributed by atoms with E-state index >= 15 is 0 Å². The van der Waals surface area contributed by atoms with Crippen molar-refractivity contribution in [2.75, 3.05) is 19.7 Å². The largest absolute Gasteiger partial charge is 0.475 e. The van der Waals surface area contributed by atoms with E-state index in [-0.39, 0.29) is 23.7 Å². The highest BCUT2D eigenvalue weighted by Crippen LogP contribution is 2.44. The summed E-state index contributed by atoms with van der Waals surface area (Å²) in [4.78, 5) is 25.5. The van der Waals surface area contributed by atoms with Crippen LogP contribution in [0.15, 0.2) is 65.1 Å². The molecule has 0 spiro atoms. The summed E-state index contributed by atoms with van der Waals surface area (Å²) in [7, 11) is 0. The fourth-order valence-electron chi connectivity index (χ4n) is 4.72.